The zero-order chi connectivity index (χ0) is 19.2. The Balaban J connectivity index is 1.73. The molecule has 3 atom stereocenters. The second kappa shape index (κ2) is 6.73. The van der Waals surface area contributed by atoms with Crippen molar-refractivity contribution in [3.8, 4) is 0 Å². The van der Waals surface area contributed by atoms with Crippen LogP contribution in [0.15, 0.2) is 47.2 Å². The molecule has 1 saturated heterocycles. The molecule has 27 heavy (non-hydrogen) atoms. The molecule has 5 heteroatoms. The van der Waals surface area contributed by atoms with Crippen LogP contribution >= 0.6 is 0 Å². The summed E-state index contributed by atoms with van der Waals surface area (Å²) >= 11 is 0. The van der Waals surface area contributed by atoms with E-state index < -0.39 is 8.07 Å². The third-order valence-corrected chi connectivity index (χ3v) is 9.10. The quantitative estimate of drug-likeness (QED) is 0.607. The average molecular weight is 383 g/mol. The maximum Gasteiger partial charge on any atom is 0.147 e. The molecular weight excluding hydrogens is 352 g/mol. The second-order valence-electron chi connectivity index (χ2n) is 9.12. The topological polar surface area (TPSA) is 52.6 Å². The van der Waals surface area contributed by atoms with Gasteiger partial charge in [0.2, 0.25) is 0 Å². The van der Waals surface area contributed by atoms with Gasteiger partial charge in [0.05, 0.1) is 20.7 Å². The highest BCUT2D eigenvalue weighted by Gasteiger charge is 2.59. The Morgan fingerprint density at radius 3 is 2.85 bits per heavy atom. The molecule has 1 aromatic rings. The summed E-state index contributed by atoms with van der Waals surface area (Å²) in [5.41, 5.74) is 3.43. The summed E-state index contributed by atoms with van der Waals surface area (Å²) < 4.78 is 0. The van der Waals surface area contributed by atoms with E-state index in [0.717, 1.165) is 37.8 Å². The summed E-state index contributed by atoms with van der Waals surface area (Å²) in [6.45, 7) is 9.13. The number of likely N-dealkylation sites (tertiary alicyclic amines) is 1. The number of fused-ring (bicyclic) bond motifs is 1. The highest BCUT2D eigenvalue weighted by molar-refractivity contribution is 6.83. The van der Waals surface area contributed by atoms with Gasteiger partial charge in [-0.2, -0.15) is 0 Å². The molecular formula is C22H30N2O2Si. The van der Waals surface area contributed by atoms with Gasteiger partial charge >= 0.3 is 0 Å². The zero-order valence-corrected chi connectivity index (χ0v) is 17.5. The molecule has 1 spiro atoms. The molecule has 2 aliphatic heterocycles. The number of hydrogen-bond donors (Lipinski definition) is 2. The van der Waals surface area contributed by atoms with E-state index in [0.29, 0.717) is 6.04 Å². The van der Waals surface area contributed by atoms with Crippen LogP contribution in [0.3, 0.4) is 0 Å². The van der Waals surface area contributed by atoms with Gasteiger partial charge in [0.25, 0.3) is 0 Å². The summed E-state index contributed by atoms with van der Waals surface area (Å²) in [4.78, 5) is 14.4. The molecule has 1 fully saturated rings. The molecule has 1 aliphatic carbocycles. The Morgan fingerprint density at radius 2 is 2.15 bits per heavy atom. The fourth-order valence-corrected chi connectivity index (χ4v) is 6.81. The van der Waals surface area contributed by atoms with E-state index in [2.05, 4.69) is 60.2 Å². The zero-order valence-electron chi connectivity index (χ0n) is 16.5. The normalized spacial score (nSPS) is 30.2. The maximum absolute atomic E-state index is 11.8. The summed E-state index contributed by atoms with van der Waals surface area (Å²) in [6.07, 6.45) is 7.20. The van der Waals surface area contributed by atoms with Gasteiger partial charge in [0.15, 0.2) is 0 Å². The first-order chi connectivity index (χ1) is 12.9. The number of aliphatic hydroxyl groups excluding tert-OH is 1. The van der Waals surface area contributed by atoms with Crippen LogP contribution in [0.2, 0.25) is 19.6 Å². The largest absolute Gasteiger partial charge is 0.392 e. The lowest BCUT2D eigenvalue weighted by Crippen LogP contribution is -2.53. The molecule has 3 aliphatic rings. The first-order valence-electron chi connectivity index (χ1n) is 9.97. The van der Waals surface area contributed by atoms with Crippen LogP contribution in [-0.2, 0) is 10.2 Å². The maximum atomic E-state index is 11.8. The Morgan fingerprint density at radius 1 is 1.37 bits per heavy atom. The smallest absolute Gasteiger partial charge is 0.147 e. The minimum Gasteiger partial charge on any atom is -0.392 e. The van der Waals surface area contributed by atoms with Gasteiger partial charge < -0.3 is 10.4 Å². The summed E-state index contributed by atoms with van der Waals surface area (Å²) in [5, 5.41) is 14.6. The van der Waals surface area contributed by atoms with E-state index in [1.165, 1.54) is 16.4 Å². The molecule has 1 aromatic carbocycles. The lowest BCUT2D eigenvalue weighted by Gasteiger charge is -2.43. The van der Waals surface area contributed by atoms with Crippen molar-refractivity contribution in [2.45, 2.75) is 50.0 Å². The van der Waals surface area contributed by atoms with Crippen molar-refractivity contribution in [3.63, 3.8) is 0 Å². The number of carbonyl (C=O) groups excluding carboxylic acids is 1. The van der Waals surface area contributed by atoms with E-state index in [1.807, 2.05) is 6.08 Å². The number of rotatable bonds is 5. The van der Waals surface area contributed by atoms with Gasteiger partial charge in [0, 0.05) is 29.3 Å². The number of aldehydes is 1. The van der Waals surface area contributed by atoms with Crippen LogP contribution in [0.25, 0.3) is 0 Å². The molecule has 2 heterocycles. The molecule has 144 valence electrons. The monoisotopic (exact) mass is 382 g/mol. The lowest BCUT2D eigenvalue weighted by atomic mass is 9.65. The van der Waals surface area contributed by atoms with Crippen molar-refractivity contribution in [1.82, 2.24) is 4.90 Å². The predicted molar refractivity (Wildman–Crippen MR) is 113 cm³/mol. The second-order valence-corrected chi connectivity index (χ2v) is 14.3. The third kappa shape index (κ3) is 2.84. The molecule has 0 amide bonds. The molecule has 4 nitrogen and oxygen atoms in total. The van der Waals surface area contributed by atoms with Crippen LogP contribution in [0.1, 0.15) is 18.4 Å². The van der Waals surface area contributed by atoms with Crippen LogP contribution in [0.5, 0.6) is 0 Å². The van der Waals surface area contributed by atoms with Gasteiger partial charge in [-0.3, -0.25) is 9.69 Å². The highest BCUT2D eigenvalue weighted by atomic mass is 28.3. The summed E-state index contributed by atoms with van der Waals surface area (Å²) in [7, 11) is -1.49. The molecule has 0 unspecified atom stereocenters. The minimum atomic E-state index is -1.49. The number of hydrogen-bond acceptors (Lipinski definition) is 4. The molecule has 4 rings (SSSR count). The van der Waals surface area contributed by atoms with Gasteiger partial charge in [-0.1, -0.05) is 55.2 Å². The van der Waals surface area contributed by atoms with Gasteiger partial charge in [0.1, 0.15) is 6.29 Å². The van der Waals surface area contributed by atoms with Crippen LogP contribution in [0, 0.1) is 0 Å². The number of anilines is 1. The van der Waals surface area contributed by atoms with Crippen molar-refractivity contribution >= 4 is 20.0 Å². The predicted octanol–water partition coefficient (Wildman–Crippen LogP) is 3.12. The summed E-state index contributed by atoms with van der Waals surface area (Å²) in [6, 6.07) is 9.04. The number of nitrogens with zero attached hydrogens (tertiary/aromatic N) is 1. The van der Waals surface area contributed by atoms with Gasteiger partial charge in [-0.15, -0.1) is 0 Å². The third-order valence-electron chi connectivity index (χ3n) is 6.81. The molecule has 0 saturated carbocycles. The van der Waals surface area contributed by atoms with Crippen molar-refractivity contribution < 1.29 is 9.90 Å². The molecule has 0 aromatic heterocycles. The van der Waals surface area contributed by atoms with Crippen molar-refractivity contribution in [1.29, 1.82) is 0 Å². The van der Waals surface area contributed by atoms with E-state index in [4.69, 9.17) is 0 Å². The fraction of sp³-hybridized carbons (Fsp3) is 0.500. The van der Waals surface area contributed by atoms with Gasteiger partial charge in [-0.05, 0) is 31.0 Å². The van der Waals surface area contributed by atoms with Crippen molar-refractivity contribution in [2.75, 3.05) is 25.0 Å². The van der Waals surface area contributed by atoms with E-state index in [-0.39, 0.29) is 18.1 Å². The number of aliphatic hydroxyl groups is 1. The number of carbonyl (C=O) groups is 1. The SMILES string of the molecule is C[Si](C)(C)/C(=C\CO)CN1CC[C@]23c4ccccc4N[C@H]2C(C=O)=CC[C@H]13. The van der Waals surface area contributed by atoms with E-state index in [9.17, 15) is 9.90 Å². The summed E-state index contributed by atoms with van der Waals surface area (Å²) in [5.74, 6) is 0. The number of para-hydroxylation sites is 1. The van der Waals surface area contributed by atoms with Crippen molar-refractivity contribution in [3.05, 3.63) is 52.8 Å². The fourth-order valence-electron chi connectivity index (χ4n) is 5.43. The number of nitrogens with one attached hydrogen (secondary N) is 1. The standard InChI is InChI=1S/C22H30N2O2Si/c1-27(2,3)17(10-13-25)14-24-12-11-22-18-6-4-5-7-19(18)23-21(22)16(15-26)8-9-20(22)24/h4-8,10,15,20-21,23,25H,9,11-14H2,1-3H3/b17-10-/t20-,21-,22+/m0/s1. The average Bonchev–Trinajstić information content (AvgIpc) is 3.17. The van der Waals surface area contributed by atoms with Gasteiger partial charge in [-0.25, -0.2) is 0 Å². The lowest BCUT2D eigenvalue weighted by molar-refractivity contribution is -0.105. The number of benzene rings is 1. The Bertz CT molecular complexity index is 811. The van der Waals surface area contributed by atoms with E-state index >= 15 is 0 Å². The van der Waals surface area contributed by atoms with Crippen LogP contribution < -0.4 is 5.32 Å². The Labute approximate surface area is 163 Å². The first-order valence-corrected chi connectivity index (χ1v) is 13.5. The molecule has 0 bridgehead atoms. The minimum absolute atomic E-state index is 0.0225. The van der Waals surface area contributed by atoms with Crippen molar-refractivity contribution in [2.24, 2.45) is 0 Å². The Hall–Kier alpha value is -1.69. The Kier molecular flexibility index (Phi) is 4.65. The molecule has 0 radical (unpaired) electrons. The van der Waals surface area contributed by atoms with Crippen LogP contribution in [-0.4, -0.2) is 56.1 Å². The first kappa shape index (κ1) is 18.7. The highest BCUT2D eigenvalue weighted by Crippen LogP contribution is 2.55. The molecule has 2 N–H and O–H groups in total. The van der Waals surface area contributed by atoms with E-state index in [1.54, 1.807) is 0 Å². The van der Waals surface area contributed by atoms with Crippen LogP contribution in [0.4, 0.5) is 5.69 Å².